The summed E-state index contributed by atoms with van der Waals surface area (Å²) in [5.74, 6) is -1.48. The van der Waals surface area contributed by atoms with Crippen LogP contribution in [-0.2, 0) is 19.1 Å². The van der Waals surface area contributed by atoms with Crippen LogP contribution in [0, 0.1) is 12.7 Å². The highest BCUT2D eigenvalue weighted by Gasteiger charge is 2.21. The fourth-order valence-corrected chi connectivity index (χ4v) is 2.91. The van der Waals surface area contributed by atoms with Crippen molar-refractivity contribution in [3.8, 4) is 0 Å². The molecule has 0 saturated carbocycles. The van der Waals surface area contributed by atoms with E-state index in [0.717, 1.165) is 23.9 Å². The summed E-state index contributed by atoms with van der Waals surface area (Å²) in [6.07, 6.45) is -1.11. The number of hydrogen-bond acceptors (Lipinski definition) is 7. The molecule has 11 heteroatoms. The van der Waals surface area contributed by atoms with Crippen LogP contribution in [-0.4, -0.2) is 40.0 Å². The first-order valence-electron chi connectivity index (χ1n) is 8.47. The van der Waals surface area contributed by atoms with Gasteiger partial charge < -0.3 is 19.9 Å². The molecule has 1 aromatic carbocycles. The molecule has 0 bridgehead atoms. The summed E-state index contributed by atoms with van der Waals surface area (Å²) in [4.78, 5) is 36.1. The van der Waals surface area contributed by atoms with Crippen molar-refractivity contribution in [2.24, 2.45) is 0 Å². The van der Waals surface area contributed by atoms with E-state index >= 15 is 0 Å². The molecule has 0 aliphatic carbocycles. The van der Waals surface area contributed by atoms with Crippen molar-refractivity contribution >= 4 is 52.7 Å². The highest BCUT2D eigenvalue weighted by atomic mass is 35.5. The lowest BCUT2D eigenvalue weighted by Gasteiger charge is -2.15. The molecule has 2 atom stereocenters. The van der Waals surface area contributed by atoms with E-state index in [1.54, 1.807) is 19.9 Å². The quantitative estimate of drug-likeness (QED) is 0.601. The van der Waals surface area contributed by atoms with Crippen LogP contribution in [0.15, 0.2) is 28.8 Å². The minimum atomic E-state index is -1.11. The number of ether oxygens (including phenoxy) is 1. The van der Waals surface area contributed by atoms with Gasteiger partial charge >= 0.3 is 5.97 Å². The van der Waals surface area contributed by atoms with Crippen molar-refractivity contribution in [1.29, 1.82) is 0 Å². The Labute approximate surface area is 175 Å². The molecule has 2 aromatic rings. The van der Waals surface area contributed by atoms with Gasteiger partial charge in [0, 0.05) is 6.07 Å². The van der Waals surface area contributed by atoms with Crippen LogP contribution in [0.25, 0.3) is 0 Å². The number of aromatic nitrogens is 1. The number of amides is 2. The molecule has 2 N–H and O–H groups in total. The smallest absolute Gasteiger partial charge is 0.316 e. The summed E-state index contributed by atoms with van der Waals surface area (Å²) in [6, 6.07) is 5.06. The van der Waals surface area contributed by atoms with Gasteiger partial charge in [0.1, 0.15) is 11.6 Å². The minimum Gasteiger partial charge on any atom is -0.452 e. The molecule has 0 unspecified atom stereocenters. The average molecular weight is 444 g/mol. The van der Waals surface area contributed by atoms with Crippen molar-refractivity contribution in [2.75, 3.05) is 16.4 Å². The Morgan fingerprint density at radius 3 is 2.59 bits per heavy atom. The first-order chi connectivity index (χ1) is 13.7. The SMILES string of the molecule is Cc1cc(NC(=O)[C@@H](C)SCC(=O)O[C@H](C)C(=O)Nc2ccc(F)cc2Cl)no1. The number of thioether (sulfide) groups is 1. The molecule has 0 fully saturated rings. The van der Waals surface area contributed by atoms with Gasteiger partial charge in [-0.15, -0.1) is 11.8 Å². The van der Waals surface area contributed by atoms with E-state index in [1.807, 2.05) is 0 Å². The lowest BCUT2D eigenvalue weighted by molar-refractivity contribution is -0.150. The molecule has 2 amide bonds. The lowest BCUT2D eigenvalue weighted by Crippen LogP contribution is -2.31. The zero-order chi connectivity index (χ0) is 21.6. The Morgan fingerprint density at radius 1 is 1.24 bits per heavy atom. The predicted molar refractivity (Wildman–Crippen MR) is 107 cm³/mol. The van der Waals surface area contributed by atoms with Crippen LogP contribution in [0.2, 0.25) is 5.02 Å². The van der Waals surface area contributed by atoms with E-state index in [1.165, 1.54) is 13.0 Å². The number of nitrogens with one attached hydrogen (secondary N) is 2. The maximum atomic E-state index is 13.0. The second-order valence-electron chi connectivity index (χ2n) is 6.01. The molecule has 0 radical (unpaired) electrons. The number of anilines is 2. The minimum absolute atomic E-state index is 0.0228. The molecule has 2 rings (SSSR count). The van der Waals surface area contributed by atoms with Crippen molar-refractivity contribution in [2.45, 2.75) is 32.1 Å². The number of halogens is 2. The highest BCUT2D eigenvalue weighted by Crippen LogP contribution is 2.22. The summed E-state index contributed by atoms with van der Waals surface area (Å²) < 4.78 is 22.9. The fraction of sp³-hybridized carbons (Fsp3) is 0.333. The van der Waals surface area contributed by atoms with Gasteiger partial charge in [0.2, 0.25) is 5.91 Å². The number of carbonyl (C=O) groups is 3. The summed E-state index contributed by atoms with van der Waals surface area (Å²) in [7, 11) is 0. The molecule has 1 heterocycles. The third-order valence-electron chi connectivity index (χ3n) is 3.57. The van der Waals surface area contributed by atoms with Gasteiger partial charge in [-0.3, -0.25) is 14.4 Å². The van der Waals surface area contributed by atoms with Crippen molar-refractivity contribution in [3.05, 3.63) is 40.9 Å². The number of esters is 1. The lowest BCUT2D eigenvalue weighted by atomic mass is 10.3. The Balaban J connectivity index is 1.77. The largest absolute Gasteiger partial charge is 0.452 e. The van der Waals surface area contributed by atoms with Crippen LogP contribution in [0.5, 0.6) is 0 Å². The van der Waals surface area contributed by atoms with Crippen LogP contribution < -0.4 is 10.6 Å². The molecule has 0 aliphatic rings. The van der Waals surface area contributed by atoms with Crippen LogP contribution >= 0.6 is 23.4 Å². The number of rotatable bonds is 8. The summed E-state index contributed by atoms with van der Waals surface area (Å²) in [5.41, 5.74) is 0.198. The van der Waals surface area contributed by atoms with Crippen molar-refractivity contribution < 1.29 is 28.0 Å². The van der Waals surface area contributed by atoms with Gasteiger partial charge in [0.15, 0.2) is 11.9 Å². The number of aryl methyl sites for hydroxylation is 1. The topological polar surface area (TPSA) is 111 Å². The first kappa shape index (κ1) is 22.7. The molecule has 0 saturated heterocycles. The summed E-state index contributed by atoms with van der Waals surface area (Å²) in [6.45, 7) is 4.70. The zero-order valence-corrected chi connectivity index (χ0v) is 17.4. The third kappa shape index (κ3) is 7.06. The Bertz CT molecular complexity index is 907. The number of nitrogens with zero attached hydrogens (tertiary/aromatic N) is 1. The monoisotopic (exact) mass is 443 g/mol. The summed E-state index contributed by atoms with van der Waals surface area (Å²) in [5, 5.41) is 8.13. The molecule has 1 aromatic heterocycles. The Hall–Kier alpha value is -2.59. The van der Waals surface area contributed by atoms with Crippen LogP contribution in [0.4, 0.5) is 15.9 Å². The van der Waals surface area contributed by atoms with Gasteiger partial charge in [-0.25, -0.2) is 4.39 Å². The maximum Gasteiger partial charge on any atom is 0.316 e. The third-order valence-corrected chi connectivity index (χ3v) is 5.00. The van der Waals surface area contributed by atoms with E-state index in [0.29, 0.717) is 5.76 Å². The number of benzene rings is 1. The van der Waals surface area contributed by atoms with E-state index in [-0.39, 0.29) is 28.2 Å². The Morgan fingerprint density at radius 2 is 1.97 bits per heavy atom. The van der Waals surface area contributed by atoms with Gasteiger partial charge in [0.05, 0.1) is 21.7 Å². The summed E-state index contributed by atoms with van der Waals surface area (Å²) >= 11 is 6.88. The van der Waals surface area contributed by atoms with E-state index < -0.39 is 29.0 Å². The molecule has 29 heavy (non-hydrogen) atoms. The Kier molecular flexibility index (Phi) is 8.03. The first-order valence-corrected chi connectivity index (χ1v) is 9.89. The maximum absolute atomic E-state index is 13.0. The standard InChI is InChI=1S/C18H19ClFN3O5S/c1-9-6-15(23-28-9)22-18(26)11(3)29-8-16(24)27-10(2)17(25)21-14-5-4-12(20)7-13(14)19/h4-7,10-11H,8H2,1-3H3,(H,21,25)(H,22,23,26)/t10-,11-/m1/s1. The van der Waals surface area contributed by atoms with Gasteiger partial charge in [0.25, 0.3) is 5.91 Å². The normalized spacial score (nSPS) is 12.7. The molecular formula is C18H19ClFN3O5S. The van der Waals surface area contributed by atoms with Crippen molar-refractivity contribution in [3.63, 3.8) is 0 Å². The number of carbonyl (C=O) groups excluding carboxylic acids is 3. The van der Waals surface area contributed by atoms with Crippen molar-refractivity contribution in [1.82, 2.24) is 5.16 Å². The average Bonchev–Trinajstić information content (AvgIpc) is 3.06. The highest BCUT2D eigenvalue weighted by molar-refractivity contribution is 8.01. The van der Waals surface area contributed by atoms with E-state index in [4.69, 9.17) is 20.9 Å². The fourth-order valence-electron chi connectivity index (χ4n) is 2.03. The molecule has 8 nitrogen and oxygen atoms in total. The molecule has 0 spiro atoms. The molecule has 156 valence electrons. The van der Waals surface area contributed by atoms with E-state index in [9.17, 15) is 18.8 Å². The zero-order valence-electron chi connectivity index (χ0n) is 15.8. The second-order valence-corrected chi connectivity index (χ2v) is 7.75. The molecular weight excluding hydrogens is 425 g/mol. The van der Waals surface area contributed by atoms with Crippen LogP contribution in [0.1, 0.15) is 19.6 Å². The van der Waals surface area contributed by atoms with Crippen LogP contribution in [0.3, 0.4) is 0 Å². The predicted octanol–water partition coefficient (Wildman–Crippen LogP) is 3.41. The molecule has 0 aliphatic heterocycles. The van der Waals surface area contributed by atoms with Gasteiger partial charge in [-0.05, 0) is 39.0 Å². The number of hydrogen-bond donors (Lipinski definition) is 2. The van der Waals surface area contributed by atoms with Gasteiger partial charge in [-0.2, -0.15) is 0 Å². The van der Waals surface area contributed by atoms with E-state index in [2.05, 4.69) is 15.8 Å². The second kappa shape index (κ2) is 10.3. The van der Waals surface area contributed by atoms with Gasteiger partial charge in [-0.1, -0.05) is 16.8 Å².